The van der Waals surface area contributed by atoms with E-state index >= 15 is 0 Å². The molecular formula is C10H13Cl2N3. The third-order valence-electron chi connectivity index (χ3n) is 2.12. The van der Waals surface area contributed by atoms with Crippen LogP contribution in [0.5, 0.6) is 0 Å². The zero-order valence-corrected chi connectivity index (χ0v) is 9.76. The van der Waals surface area contributed by atoms with Crippen LogP contribution < -0.4 is 5.43 Å². The highest BCUT2D eigenvalue weighted by atomic mass is 35.5. The van der Waals surface area contributed by atoms with Crippen LogP contribution in [0.3, 0.4) is 0 Å². The number of benzene rings is 1. The van der Waals surface area contributed by atoms with Gasteiger partial charge in [-0.25, -0.2) is 5.43 Å². The lowest BCUT2D eigenvalue weighted by Crippen LogP contribution is -2.34. The minimum absolute atomic E-state index is 0. The van der Waals surface area contributed by atoms with E-state index in [2.05, 4.69) is 10.4 Å². The standard InChI is InChI=1S/C10H12ClN3.ClH/c11-10-4-2-1-3-9(10)7-13-14-6-5-12-8-14;/h1-4,8,13H,5-7H2;1H. The maximum atomic E-state index is 6.02. The Bertz CT molecular complexity index is 341. The summed E-state index contributed by atoms with van der Waals surface area (Å²) < 4.78 is 0. The first kappa shape index (κ1) is 12.3. The number of hydrazine groups is 1. The molecule has 1 aromatic carbocycles. The molecule has 0 radical (unpaired) electrons. The second kappa shape index (κ2) is 5.95. The summed E-state index contributed by atoms with van der Waals surface area (Å²) in [5, 5.41) is 2.78. The molecule has 1 N–H and O–H groups in total. The molecule has 0 saturated heterocycles. The van der Waals surface area contributed by atoms with E-state index < -0.39 is 0 Å². The van der Waals surface area contributed by atoms with Crippen molar-refractivity contribution < 1.29 is 0 Å². The third-order valence-corrected chi connectivity index (χ3v) is 2.49. The molecule has 0 aromatic heterocycles. The topological polar surface area (TPSA) is 27.6 Å². The molecule has 1 aliphatic rings. The quantitative estimate of drug-likeness (QED) is 0.884. The summed E-state index contributed by atoms with van der Waals surface area (Å²) >= 11 is 6.02. The van der Waals surface area contributed by atoms with Crippen molar-refractivity contribution in [1.29, 1.82) is 0 Å². The number of hydrogen-bond acceptors (Lipinski definition) is 3. The molecule has 0 fully saturated rings. The Morgan fingerprint density at radius 1 is 1.40 bits per heavy atom. The number of nitrogens with zero attached hydrogens (tertiary/aromatic N) is 2. The molecule has 5 heteroatoms. The monoisotopic (exact) mass is 245 g/mol. The minimum atomic E-state index is 0. The fraction of sp³-hybridized carbons (Fsp3) is 0.300. The van der Waals surface area contributed by atoms with Gasteiger partial charge in [0.2, 0.25) is 0 Å². The van der Waals surface area contributed by atoms with E-state index in [1.165, 1.54) is 0 Å². The van der Waals surface area contributed by atoms with Crippen LogP contribution in [-0.2, 0) is 6.54 Å². The van der Waals surface area contributed by atoms with Gasteiger partial charge in [0.1, 0.15) is 0 Å². The summed E-state index contributed by atoms with van der Waals surface area (Å²) in [5.41, 5.74) is 4.34. The van der Waals surface area contributed by atoms with Gasteiger partial charge in [-0.05, 0) is 11.6 Å². The highest BCUT2D eigenvalue weighted by molar-refractivity contribution is 6.31. The van der Waals surface area contributed by atoms with Crippen LogP contribution in [0.4, 0.5) is 0 Å². The molecule has 0 aliphatic carbocycles. The smallest absolute Gasteiger partial charge is 0.0993 e. The Balaban J connectivity index is 0.00000112. The van der Waals surface area contributed by atoms with Crippen molar-refractivity contribution in [1.82, 2.24) is 10.4 Å². The average molecular weight is 246 g/mol. The lowest BCUT2D eigenvalue weighted by Gasteiger charge is -2.15. The van der Waals surface area contributed by atoms with Gasteiger partial charge in [-0.3, -0.25) is 10.0 Å². The average Bonchev–Trinajstić information content (AvgIpc) is 2.69. The van der Waals surface area contributed by atoms with E-state index in [1.54, 1.807) is 0 Å². The van der Waals surface area contributed by atoms with Gasteiger partial charge in [-0.1, -0.05) is 29.8 Å². The Hall–Kier alpha value is -0.770. The molecule has 1 aromatic rings. The summed E-state index contributed by atoms with van der Waals surface area (Å²) in [7, 11) is 0. The van der Waals surface area contributed by atoms with Crippen molar-refractivity contribution in [3.05, 3.63) is 34.9 Å². The van der Waals surface area contributed by atoms with Crippen molar-refractivity contribution in [2.75, 3.05) is 13.1 Å². The molecular weight excluding hydrogens is 233 g/mol. The van der Waals surface area contributed by atoms with E-state index in [9.17, 15) is 0 Å². The van der Waals surface area contributed by atoms with Gasteiger partial charge < -0.3 is 0 Å². The molecule has 82 valence electrons. The minimum Gasteiger partial charge on any atom is -0.296 e. The molecule has 0 saturated carbocycles. The molecule has 3 nitrogen and oxygen atoms in total. The number of nitrogens with one attached hydrogen (secondary N) is 1. The second-order valence-electron chi connectivity index (χ2n) is 3.14. The van der Waals surface area contributed by atoms with Gasteiger partial charge >= 0.3 is 0 Å². The third kappa shape index (κ3) is 3.38. The number of hydrogen-bond donors (Lipinski definition) is 1. The number of aliphatic imine (C=N–C) groups is 1. The van der Waals surface area contributed by atoms with Gasteiger partial charge in [0, 0.05) is 11.6 Å². The maximum Gasteiger partial charge on any atom is 0.0993 e. The summed E-state index contributed by atoms with van der Waals surface area (Å²) in [5.74, 6) is 0. The normalized spacial score (nSPS) is 14.1. The maximum absolute atomic E-state index is 6.02. The lowest BCUT2D eigenvalue weighted by molar-refractivity contribution is 0.339. The van der Waals surface area contributed by atoms with E-state index in [-0.39, 0.29) is 12.4 Å². The van der Waals surface area contributed by atoms with Crippen LogP contribution in [0.1, 0.15) is 5.56 Å². The zero-order valence-electron chi connectivity index (χ0n) is 8.19. The van der Waals surface area contributed by atoms with Gasteiger partial charge in [-0.2, -0.15) is 0 Å². The predicted octanol–water partition coefficient (Wildman–Crippen LogP) is 2.11. The van der Waals surface area contributed by atoms with Crippen LogP contribution in [-0.4, -0.2) is 24.4 Å². The van der Waals surface area contributed by atoms with Crippen molar-refractivity contribution >= 4 is 30.3 Å². The zero-order chi connectivity index (χ0) is 9.80. The molecule has 2 rings (SSSR count). The fourth-order valence-electron chi connectivity index (χ4n) is 1.33. The van der Waals surface area contributed by atoms with Crippen LogP contribution in [0, 0.1) is 0 Å². The van der Waals surface area contributed by atoms with E-state index in [0.29, 0.717) is 0 Å². The van der Waals surface area contributed by atoms with Gasteiger partial charge in [-0.15, -0.1) is 12.4 Å². The molecule has 0 unspecified atom stereocenters. The van der Waals surface area contributed by atoms with Gasteiger partial charge in [0.05, 0.1) is 19.4 Å². The first-order valence-corrected chi connectivity index (χ1v) is 4.97. The van der Waals surface area contributed by atoms with E-state index in [4.69, 9.17) is 11.6 Å². The molecule has 0 atom stereocenters. The predicted molar refractivity (Wildman–Crippen MR) is 65.6 cm³/mol. The molecule has 0 spiro atoms. The molecule has 1 heterocycles. The fourth-order valence-corrected chi connectivity index (χ4v) is 1.53. The summed E-state index contributed by atoms with van der Waals surface area (Å²) in [6.45, 7) is 2.55. The Morgan fingerprint density at radius 3 is 2.87 bits per heavy atom. The highest BCUT2D eigenvalue weighted by Gasteiger charge is 2.05. The van der Waals surface area contributed by atoms with Crippen molar-refractivity contribution in [2.45, 2.75) is 6.54 Å². The summed E-state index contributed by atoms with van der Waals surface area (Å²) in [4.78, 5) is 4.10. The molecule has 0 amide bonds. The highest BCUT2D eigenvalue weighted by Crippen LogP contribution is 2.14. The Kier molecular flexibility index (Phi) is 4.88. The Labute approximate surface area is 101 Å². The van der Waals surface area contributed by atoms with Crippen LogP contribution in [0.2, 0.25) is 5.02 Å². The van der Waals surface area contributed by atoms with Gasteiger partial charge in [0.25, 0.3) is 0 Å². The second-order valence-corrected chi connectivity index (χ2v) is 3.55. The molecule has 15 heavy (non-hydrogen) atoms. The molecule has 1 aliphatic heterocycles. The first-order valence-electron chi connectivity index (χ1n) is 4.60. The lowest BCUT2D eigenvalue weighted by atomic mass is 10.2. The van der Waals surface area contributed by atoms with Crippen LogP contribution in [0.15, 0.2) is 29.3 Å². The molecule has 0 bridgehead atoms. The largest absolute Gasteiger partial charge is 0.296 e. The summed E-state index contributed by atoms with van der Waals surface area (Å²) in [6, 6.07) is 7.84. The van der Waals surface area contributed by atoms with E-state index in [1.807, 2.05) is 35.6 Å². The summed E-state index contributed by atoms with van der Waals surface area (Å²) in [6.07, 6.45) is 1.82. The number of halogens is 2. The van der Waals surface area contributed by atoms with E-state index in [0.717, 1.165) is 30.2 Å². The van der Waals surface area contributed by atoms with Crippen molar-refractivity contribution in [2.24, 2.45) is 4.99 Å². The van der Waals surface area contributed by atoms with Crippen molar-refractivity contribution in [3.8, 4) is 0 Å². The van der Waals surface area contributed by atoms with Gasteiger partial charge in [0.15, 0.2) is 0 Å². The Morgan fingerprint density at radius 2 is 2.20 bits per heavy atom. The first-order chi connectivity index (χ1) is 6.86. The number of rotatable bonds is 3. The van der Waals surface area contributed by atoms with Crippen LogP contribution >= 0.6 is 24.0 Å². The van der Waals surface area contributed by atoms with Crippen LogP contribution in [0.25, 0.3) is 0 Å². The SMILES string of the molecule is Cl.Clc1ccccc1CNN1C=NCC1. The van der Waals surface area contributed by atoms with Crippen molar-refractivity contribution in [3.63, 3.8) is 0 Å².